The van der Waals surface area contributed by atoms with Gasteiger partial charge in [0.15, 0.2) is 0 Å². The molecule has 1 fully saturated rings. The standard InChI is InChI=1S/C17H26N2OS.ClH/c1-12-4-5-14-15(11-21-16(14)9-12)17(20)19-8-6-13-3-2-7-18-10-13;/h11-13,18H,2-10H2,1H3,(H,19,20);1H. The molecule has 2 unspecified atom stereocenters. The van der Waals surface area contributed by atoms with E-state index in [2.05, 4.69) is 22.9 Å². The predicted octanol–water partition coefficient (Wildman–Crippen LogP) is 3.41. The molecule has 2 atom stereocenters. The predicted molar refractivity (Wildman–Crippen MR) is 95.3 cm³/mol. The Bertz CT molecular complexity index is 497. The largest absolute Gasteiger partial charge is 0.352 e. The van der Waals surface area contributed by atoms with Crippen LogP contribution in [0.15, 0.2) is 5.38 Å². The zero-order valence-corrected chi connectivity index (χ0v) is 15.0. The van der Waals surface area contributed by atoms with Gasteiger partial charge in [0.05, 0.1) is 5.56 Å². The van der Waals surface area contributed by atoms with Gasteiger partial charge in [-0.1, -0.05) is 6.92 Å². The Hall–Kier alpha value is -0.580. The van der Waals surface area contributed by atoms with Crippen molar-refractivity contribution in [2.45, 2.75) is 45.4 Å². The number of thiophene rings is 1. The number of fused-ring (bicyclic) bond motifs is 1. The molecule has 2 N–H and O–H groups in total. The van der Waals surface area contributed by atoms with E-state index in [1.54, 1.807) is 11.3 Å². The number of halogens is 1. The molecule has 124 valence electrons. The van der Waals surface area contributed by atoms with Crippen LogP contribution in [0.25, 0.3) is 0 Å². The lowest BCUT2D eigenvalue weighted by molar-refractivity contribution is 0.0950. The third kappa shape index (κ3) is 4.24. The van der Waals surface area contributed by atoms with Gasteiger partial charge < -0.3 is 10.6 Å². The Morgan fingerprint density at radius 2 is 2.32 bits per heavy atom. The lowest BCUT2D eigenvalue weighted by atomic mass is 9.88. The average molecular weight is 343 g/mol. The summed E-state index contributed by atoms with van der Waals surface area (Å²) in [5.41, 5.74) is 2.28. The van der Waals surface area contributed by atoms with Crippen LogP contribution < -0.4 is 10.6 Å². The first kappa shape index (κ1) is 17.8. The first-order chi connectivity index (χ1) is 10.2. The molecule has 0 bridgehead atoms. The molecule has 22 heavy (non-hydrogen) atoms. The molecule has 1 aliphatic carbocycles. The molecular weight excluding hydrogens is 316 g/mol. The number of carbonyl (C=O) groups is 1. The lowest BCUT2D eigenvalue weighted by Crippen LogP contribution is -2.33. The average Bonchev–Trinajstić information content (AvgIpc) is 2.91. The topological polar surface area (TPSA) is 41.1 Å². The maximum Gasteiger partial charge on any atom is 0.252 e. The van der Waals surface area contributed by atoms with Crippen molar-refractivity contribution in [1.82, 2.24) is 10.6 Å². The molecule has 3 rings (SSSR count). The molecule has 0 radical (unpaired) electrons. The van der Waals surface area contributed by atoms with Crippen molar-refractivity contribution < 1.29 is 4.79 Å². The maximum absolute atomic E-state index is 12.4. The summed E-state index contributed by atoms with van der Waals surface area (Å²) >= 11 is 1.77. The second-order valence-corrected chi connectivity index (χ2v) is 7.62. The van der Waals surface area contributed by atoms with Crippen molar-refractivity contribution in [3.8, 4) is 0 Å². The van der Waals surface area contributed by atoms with Crippen molar-refractivity contribution in [3.05, 3.63) is 21.4 Å². The van der Waals surface area contributed by atoms with E-state index in [4.69, 9.17) is 0 Å². The van der Waals surface area contributed by atoms with E-state index in [0.717, 1.165) is 56.3 Å². The summed E-state index contributed by atoms with van der Waals surface area (Å²) in [7, 11) is 0. The number of piperidine rings is 1. The highest BCUT2D eigenvalue weighted by Crippen LogP contribution is 2.32. The van der Waals surface area contributed by atoms with Crippen LogP contribution in [0.5, 0.6) is 0 Å². The molecule has 0 saturated carbocycles. The van der Waals surface area contributed by atoms with Gasteiger partial charge in [0, 0.05) is 16.8 Å². The lowest BCUT2D eigenvalue weighted by Gasteiger charge is -2.22. The molecule has 1 amide bonds. The first-order valence-corrected chi connectivity index (χ1v) is 9.20. The minimum absolute atomic E-state index is 0. The van der Waals surface area contributed by atoms with Crippen molar-refractivity contribution in [1.29, 1.82) is 0 Å². The summed E-state index contributed by atoms with van der Waals surface area (Å²) in [4.78, 5) is 13.8. The minimum atomic E-state index is 0. The Morgan fingerprint density at radius 3 is 3.09 bits per heavy atom. The molecule has 2 aliphatic rings. The van der Waals surface area contributed by atoms with Crippen molar-refractivity contribution >= 4 is 29.7 Å². The van der Waals surface area contributed by atoms with Crippen LogP contribution in [-0.4, -0.2) is 25.5 Å². The number of rotatable bonds is 4. The Morgan fingerprint density at radius 1 is 1.45 bits per heavy atom. The quantitative estimate of drug-likeness (QED) is 0.880. The van der Waals surface area contributed by atoms with Gasteiger partial charge in [-0.2, -0.15) is 0 Å². The molecule has 1 aliphatic heterocycles. The summed E-state index contributed by atoms with van der Waals surface area (Å²) in [6.07, 6.45) is 7.12. The molecule has 1 aromatic rings. The van der Waals surface area contributed by atoms with E-state index >= 15 is 0 Å². The molecule has 0 aromatic carbocycles. The Balaban J connectivity index is 0.00000176. The number of hydrogen-bond donors (Lipinski definition) is 2. The molecule has 1 aromatic heterocycles. The van der Waals surface area contributed by atoms with Gasteiger partial charge in [-0.25, -0.2) is 0 Å². The van der Waals surface area contributed by atoms with Gasteiger partial charge in [0.25, 0.3) is 5.91 Å². The summed E-state index contributed by atoms with van der Waals surface area (Å²) in [6, 6.07) is 0. The van der Waals surface area contributed by atoms with Crippen LogP contribution in [0, 0.1) is 11.8 Å². The van der Waals surface area contributed by atoms with Crippen molar-refractivity contribution in [2.75, 3.05) is 19.6 Å². The van der Waals surface area contributed by atoms with Gasteiger partial charge in [-0.05, 0) is 69.0 Å². The van der Waals surface area contributed by atoms with Crippen molar-refractivity contribution in [3.63, 3.8) is 0 Å². The fourth-order valence-corrected chi connectivity index (χ4v) is 4.77. The fraction of sp³-hybridized carbons (Fsp3) is 0.706. The fourth-order valence-electron chi connectivity index (χ4n) is 3.52. The third-order valence-electron chi connectivity index (χ3n) is 4.88. The third-order valence-corrected chi connectivity index (χ3v) is 5.93. The zero-order chi connectivity index (χ0) is 14.7. The molecular formula is C17H27ClN2OS. The number of carbonyl (C=O) groups excluding carboxylic acids is 1. The molecule has 1 saturated heterocycles. The summed E-state index contributed by atoms with van der Waals surface area (Å²) in [5.74, 6) is 1.65. The normalized spacial score (nSPS) is 24.2. The monoisotopic (exact) mass is 342 g/mol. The maximum atomic E-state index is 12.4. The van der Waals surface area contributed by atoms with Gasteiger partial charge in [0.1, 0.15) is 0 Å². The second-order valence-electron chi connectivity index (χ2n) is 6.66. The minimum Gasteiger partial charge on any atom is -0.352 e. The van der Waals surface area contributed by atoms with E-state index in [-0.39, 0.29) is 18.3 Å². The number of nitrogens with one attached hydrogen (secondary N) is 2. The van der Waals surface area contributed by atoms with Gasteiger partial charge in [0.2, 0.25) is 0 Å². The van der Waals surface area contributed by atoms with E-state index in [9.17, 15) is 4.79 Å². The number of hydrogen-bond acceptors (Lipinski definition) is 3. The van der Waals surface area contributed by atoms with Crippen LogP contribution in [-0.2, 0) is 12.8 Å². The summed E-state index contributed by atoms with van der Waals surface area (Å²) in [5, 5.41) is 8.64. The van der Waals surface area contributed by atoms with Crippen molar-refractivity contribution in [2.24, 2.45) is 11.8 Å². The van der Waals surface area contributed by atoms with Gasteiger partial charge in [-0.15, -0.1) is 23.7 Å². The highest BCUT2D eigenvalue weighted by atomic mass is 35.5. The smallest absolute Gasteiger partial charge is 0.252 e. The highest BCUT2D eigenvalue weighted by molar-refractivity contribution is 7.10. The van der Waals surface area contributed by atoms with Crippen LogP contribution in [0.1, 0.15) is 53.4 Å². The molecule has 2 heterocycles. The van der Waals surface area contributed by atoms with Gasteiger partial charge >= 0.3 is 0 Å². The van der Waals surface area contributed by atoms with E-state index in [1.807, 2.05) is 0 Å². The van der Waals surface area contributed by atoms with Crippen LogP contribution in [0.2, 0.25) is 0 Å². The molecule has 0 spiro atoms. The molecule has 3 nitrogen and oxygen atoms in total. The SMILES string of the molecule is CC1CCc2c(C(=O)NCCC3CCCNC3)csc2C1.Cl. The van der Waals surface area contributed by atoms with E-state index in [1.165, 1.54) is 29.7 Å². The summed E-state index contributed by atoms with van der Waals surface area (Å²) in [6.45, 7) is 5.39. The van der Waals surface area contributed by atoms with Crippen LogP contribution >= 0.6 is 23.7 Å². The highest BCUT2D eigenvalue weighted by Gasteiger charge is 2.23. The summed E-state index contributed by atoms with van der Waals surface area (Å²) < 4.78 is 0. The van der Waals surface area contributed by atoms with E-state index in [0.29, 0.717) is 0 Å². The zero-order valence-electron chi connectivity index (χ0n) is 13.3. The van der Waals surface area contributed by atoms with E-state index < -0.39 is 0 Å². The van der Waals surface area contributed by atoms with Crippen LogP contribution in [0.4, 0.5) is 0 Å². The Labute approximate surface area is 143 Å². The van der Waals surface area contributed by atoms with Gasteiger partial charge in [-0.3, -0.25) is 4.79 Å². The number of amides is 1. The Kier molecular flexibility index (Phi) is 6.72. The second kappa shape index (κ2) is 8.32. The molecule has 5 heteroatoms. The van der Waals surface area contributed by atoms with Crippen LogP contribution in [0.3, 0.4) is 0 Å². The first-order valence-electron chi connectivity index (χ1n) is 8.32.